The molecule has 9 heteroatoms. The summed E-state index contributed by atoms with van der Waals surface area (Å²) in [6.45, 7) is 1.83. The third-order valence-corrected chi connectivity index (χ3v) is 5.43. The number of nitrogens with two attached hydrogens (primary N) is 1. The van der Waals surface area contributed by atoms with Gasteiger partial charge in [0, 0.05) is 39.1 Å². The predicted octanol–water partition coefficient (Wildman–Crippen LogP) is 0.146. The molecule has 1 saturated heterocycles. The van der Waals surface area contributed by atoms with Crippen LogP contribution in [0.5, 0.6) is 0 Å². The lowest BCUT2D eigenvalue weighted by molar-refractivity contribution is -0.118. The second-order valence-electron chi connectivity index (χ2n) is 5.04. The summed E-state index contributed by atoms with van der Waals surface area (Å²) in [5.74, 6) is -2.69. The van der Waals surface area contributed by atoms with E-state index < -0.39 is 27.6 Å². The Kier molecular flexibility index (Phi) is 5.09. The second kappa shape index (κ2) is 6.67. The van der Waals surface area contributed by atoms with Crippen LogP contribution in [0, 0.1) is 11.6 Å². The first-order chi connectivity index (χ1) is 10.3. The van der Waals surface area contributed by atoms with Gasteiger partial charge in [-0.05, 0) is 18.2 Å². The van der Waals surface area contributed by atoms with Gasteiger partial charge in [-0.3, -0.25) is 4.79 Å². The molecule has 2 rings (SSSR count). The largest absolute Gasteiger partial charge is 0.370 e. The van der Waals surface area contributed by atoms with E-state index in [1.165, 1.54) is 4.31 Å². The highest BCUT2D eigenvalue weighted by atomic mass is 32.2. The molecule has 22 heavy (non-hydrogen) atoms. The highest BCUT2D eigenvalue weighted by Crippen LogP contribution is 2.19. The van der Waals surface area contributed by atoms with E-state index in [2.05, 4.69) is 0 Å². The Balaban J connectivity index is 2.03. The minimum absolute atomic E-state index is 0.218. The molecular weight excluding hydrogens is 316 g/mol. The first-order valence-corrected chi connectivity index (χ1v) is 8.20. The molecule has 0 bridgehead atoms. The predicted molar refractivity (Wildman–Crippen MR) is 75.4 cm³/mol. The number of rotatable bonds is 5. The van der Waals surface area contributed by atoms with Crippen LogP contribution < -0.4 is 5.73 Å². The molecule has 0 aromatic heterocycles. The number of benzene rings is 1. The quantitative estimate of drug-likeness (QED) is 0.831. The van der Waals surface area contributed by atoms with Gasteiger partial charge < -0.3 is 10.6 Å². The van der Waals surface area contributed by atoms with Gasteiger partial charge in [0.05, 0.1) is 4.90 Å². The Morgan fingerprint density at radius 3 is 2.32 bits per heavy atom. The van der Waals surface area contributed by atoms with Crippen LogP contribution in [0.1, 0.15) is 6.42 Å². The molecule has 1 aliphatic rings. The van der Waals surface area contributed by atoms with Crippen molar-refractivity contribution >= 4 is 15.9 Å². The number of primary amides is 1. The molecule has 122 valence electrons. The first-order valence-electron chi connectivity index (χ1n) is 6.76. The van der Waals surface area contributed by atoms with Crippen molar-refractivity contribution in [1.29, 1.82) is 0 Å². The van der Waals surface area contributed by atoms with Gasteiger partial charge in [-0.15, -0.1) is 0 Å². The average Bonchev–Trinajstić information content (AvgIpc) is 2.48. The third kappa shape index (κ3) is 3.79. The van der Waals surface area contributed by atoms with E-state index >= 15 is 0 Å². The summed E-state index contributed by atoms with van der Waals surface area (Å²) in [6.07, 6.45) is 0.218. The zero-order valence-electron chi connectivity index (χ0n) is 11.8. The molecule has 1 heterocycles. The van der Waals surface area contributed by atoms with Crippen molar-refractivity contribution in [2.45, 2.75) is 11.3 Å². The Labute approximate surface area is 127 Å². The van der Waals surface area contributed by atoms with E-state index in [1.807, 2.05) is 4.90 Å². The molecule has 1 aliphatic heterocycles. The standard InChI is InChI=1S/C13H17F2N3O3S/c14-11-2-1-10(9-12(11)15)22(20,21)18-7-5-17(6-8-18)4-3-13(16)19/h1-2,9H,3-8H2,(H2,16,19). The molecule has 0 aliphatic carbocycles. The zero-order valence-corrected chi connectivity index (χ0v) is 12.7. The highest BCUT2D eigenvalue weighted by molar-refractivity contribution is 7.89. The van der Waals surface area contributed by atoms with Crippen molar-refractivity contribution in [2.24, 2.45) is 5.73 Å². The lowest BCUT2D eigenvalue weighted by atomic mass is 10.3. The van der Waals surface area contributed by atoms with Crippen LogP contribution in [0.25, 0.3) is 0 Å². The Morgan fingerprint density at radius 1 is 1.14 bits per heavy atom. The lowest BCUT2D eigenvalue weighted by Gasteiger charge is -2.33. The van der Waals surface area contributed by atoms with E-state index in [4.69, 9.17) is 5.73 Å². The van der Waals surface area contributed by atoms with Crippen LogP contribution in [0.4, 0.5) is 8.78 Å². The van der Waals surface area contributed by atoms with Crippen LogP contribution in [0.3, 0.4) is 0 Å². The fourth-order valence-electron chi connectivity index (χ4n) is 2.25. The third-order valence-electron chi connectivity index (χ3n) is 3.53. The second-order valence-corrected chi connectivity index (χ2v) is 6.98. The van der Waals surface area contributed by atoms with Gasteiger partial charge >= 0.3 is 0 Å². The van der Waals surface area contributed by atoms with Crippen LogP contribution in [-0.2, 0) is 14.8 Å². The van der Waals surface area contributed by atoms with Gasteiger partial charge in [-0.1, -0.05) is 0 Å². The van der Waals surface area contributed by atoms with E-state index in [0.29, 0.717) is 25.7 Å². The number of amides is 1. The number of nitrogens with zero attached hydrogens (tertiary/aromatic N) is 2. The fraction of sp³-hybridized carbons (Fsp3) is 0.462. The van der Waals surface area contributed by atoms with Gasteiger partial charge in [-0.25, -0.2) is 17.2 Å². The van der Waals surface area contributed by atoms with Gasteiger partial charge in [0.25, 0.3) is 0 Å². The summed E-state index contributed by atoms with van der Waals surface area (Å²) < 4.78 is 52.1. The van der Waals surface area contributed by atoms with E-state index in [0.717, 1.165) is 12.1 Å². The highest BCUT2D eigenvalue weighted by Gasteiger charge is 2.29. The molecule has 1 amide bonds. The number of piperazine rings is 1. The number of sulfonamides is 1. The minimum Gasteiger partial charge on any atom is -0.370 e. The Morgan fingerprint density at radius 2 is 1.77 bits per heavy atom. The molecule has 1 aromatic rings. The summed E-state index contributed by atoms with van der Waals surface area (Å²) in [5, 5.41) is 0. The molecule has 6 nitrogen and oxygen atoms in total. The van der Waals surface area contributed by atoms with Gasteiger partial charge in [-0.2, -0.15) is 4.31 Å². The maximum Gasteiger partial charge on any atom is 0.243 e. The molecule has 2 N–H and O–H groups in total. The number of hydrogen-bond acceptors (Lipinski definition) is 4. The summed E-state index contributed by atoms with van der Waals surface area (Å²) in [6, 6.07) is 2.53. The van der Waals surface area contributed by atoms with Gasteiger partial charge in [0.15, 0.2) is 11.6 Å². The SMILES string of the molecule is NC(=O)CCN1CCN(S(=O)(=O)c2ccc(F)c(F)c2)CC1. The molecular formula is C13H17F2N3O3S. The minimum atomic E-state index is -3.85. The van der Waals surface area contributed by atoms with Crippen molar-refractivity contribution in [3.63, 3.8) is 0 Å². The Bertz CT molecular complexity index is 658. The summed E-state index contributed by atoms with van der Waals surface area (Å²) in [7, 11) is -3.85. The average molecular weight is 333 g/mol. The van der Waals surface area contributed by atoms with Gasteiger partial charge in [0.2, 0.25) is 15.9 Å². The van der Waals surface area contributed by atoms with E-state index in [1.54, 1.807) is 0 Å². The van der Waals surface area contributed by atoms with E-state index in [9.17, 15) is 22.0 Å². The fourth-order valence-corrected chi connectivity index (χ4v) is 3.68. The number of hydrogen-bond donors (Lipinski definition) is 1. The van der Waals surface area contributed by atoms with Crippen LogP contribution in [0.15, 0.2) is 23.1 Å². The van der Waals surface area contributed by atoms with Crippen molar-refractivity contribution in [3.05, 3.63) is 29.8 Å². The molecule has 1 fully saturated rings. The van der Waals surface area contributed by atoms with Crippen molar-refractivity contribution in [2.75, 3.05) is 32.7 Å². The first kappa shape index (κ1) is 16.8. The van der Waals surface area contributed by atoms with Gasteiger partial charge in [0.1, 0.15) is 0 Å². The van der Waals surface area contributed by atoms with Crippen LogP contribution in [0.2, 0.25) is 0 Å². The molecule has 1 aromatic carbocycles. The Hall–Kier alpha value is -1.58. The van der Waals surface area contributed by atoms with E-state index in [-0.39, 0.29) is 24.4 Å². The number of carbonyl (C=O) groups is 1. The monoisotopic (exact) mass is 333 g/mol. The van der Waals surface area contributed by atoms with Crippen LogP contribution in [-0.4, -0.2) is 56.3 Å². The number of halogens is 2. The van der Waals surface area contributed by atoms with Crippen LogP contribution >= 0.6 is 0 Å². The van der Waals surface area contributed by atoms with Crippen molar-refractivity contribution in [3.8, 4) is 0 Å². The molecule has 0 saturated carbocycles. The smallest absolute Gasteiger partial charge is 0.243 e. The maximum absolute atomic E-state index is 13.2. The van der Waals surface area contributed by atoms with Crippen molar-refractivity contribution < 1.29 is 22.0 Å². The summed E-state index contributed by atoms with van der Waals surface area (Å²) in [5.41, 5.74) is 5.07. The normalized spacial score (nSPS) is 17.5. The maximum atomic E-state index is 13.2. The molecule has 0 atom stereocenters. The molecule has 0 unspecified atom stereocenters. The van der Waals surface area contributed by atoms with Crippen molar-refractivity contribution in [1.82, 2.24) is 9.21 Å². The summed E-state index contributed by atoms with van der Waals surface area (Å²) >= 11 is 0. The molecule has 0 spiro atoms. The summed E-state index contributed by atoms with van der Waals surface area (Å²) in [4.78, 5) is 12.4. The number of carbonyl (C=O) groups excluding carboxylic acids is 1. The lowest BCUT2D eigenvalue weighted by Crippen LogP contribution is -2.49. The molecule has 0 radical (unpaired) electrons. The topological polar surface area (TPSA) is 83.7 Å². The zero-order chi connectivity index (χ0) is 16.3.